The molecule has 0 saturated heterocycles. The molecule has 30 heavy (non-hydrogen) atoms. The summed E-state index contributed by atoms with van der Waals surface area (Å²) in [6.07, 6.45) is 0.333. The molecule has 4 aromatic rings. The summed E-state index contributed by atoms with van der Waals surface area (Å²) >= 11 is 0. The molecule has 0 fully saturated rings. The van der Waals surface area contributed by atoms with E-state index < -0.39 is 5.91 Å². The van der Waals surface area contributed by atoms with E-state index in [4.69, 9.17) is 5.73 Å². The van der Waals surface area contributed by atoms with Crippen LogP contribution in [0.15, 0.2) is 103 Å². The van der Waals surface area contributed by atoms with Gasteiger partial charge in [-0.05, 0) is 6.42 Å². The fourth-order valence-electron chi connectivity index (χ4n) is 2.28. The van der Waals surface area contributed by atoms with Gasteiger partial charge in [-0.15, -0.1) is 29.7 Å². The number of rotatable bonds is 3. The number of hydrogen-bond donors (Lipinski definition) is 0. The molecule has 0 aliphatic carbocycles. The molecule has 0 saturated carbocycles. The maximum atomic E-state index is 9.48. The van der Waals surface area contributed by atoms with Crippen LogP contribution in [0.2, 0.25) is 0 Å². The minimum Gasteiger partial charge on any atom is -1.00 e. The van der Waals surface area contributed by atoms with E-state index in [1.165, 1.54) is 21.1 Å². The summed E-state index contributed by atoms with van der Waals surface area (Å²) < 4.78 is 0. The molecule has 0 unspecified atom stereocenters. The van der Waals surface area contributed by atoms with Crippen LogP contribution >= 0.6 is 0 Å². The van der Waals surface area contributed by atoms with Gasteiger partial charge in [0.1, 0.15) is 9.52 Å². The van der Waals surface area contributed by atoms with E-state index in [0.717, 1.165) is 9.52 Å². The van der Waals surface area contributed by atoms with Crippen molar-refractivity contribution in [1.29, 1.82) is 0 Å². The summed E-state index contributed by atoms with van der Waals surface area (Å²) in [5, 5.41) is 5.46. The first-order valence-electron chi connectivity index (χ1n) is 8.91. The molecule has 1 amide bonds. The zero-order valence-electron chi connectivity index (χ0n) is 16.7. The van der Waals surface area contributed by atoms with Gasteiger partial charge in [-0.2, -0.15) is 17.5 Å². The van der Waals surface area contributed by atoms with Gasteiger partial charge < -0.3 is 35.3 Å². The average Bonchev–Trinajstić information content (AvgIpc) is 3.19. The predicted molar refractivity (Wildman–Crippen MR) is 117 cm³/mol. The minimum atomic E-state index is -0.495. The van der Waals surface area contributed by atoms with Gasteiger partial charge in [-0.1, -0.05) is 84.0 Å². The first-order chi connectivity index (χ1) is 13.2. The second-order valence-electron chi connectivity index (χ2n) is 5.79. The number of carbonyl (C=O) groups is 1. The van der Waals surface area contributed by atoms with Crippen molar-refractivity contribution >= 4 is 36.6 Å². The van der Waals surface area contributed by atoms with Crippen molar-refractivity contribution < 1.29 is 51.3 Å². The van der Waals surface area contributed by atoms with Crippen LogP contribution in [0.5, 0.6) is 0 Å². The standard InChI is InChI=1S/C12H10Si.C9H7.C3H7NO.2ClH.Ti/c1-3-7-11(8-4-1)13-12-9-5-2-6-10-12;1-2-5-9-7-3-6-8(9)4-1;1-2-3(4)5;;;/h1-10H;1-7H;2H2,1H3,(H2,4,5);2*1H;/q;-1;;;;+4/p-3. The molecule has 2 radical (unpaired) electrons. The van der Waals surface area contributed by atoms with Gasteiger partial charge in [0.15, 0.2) is 0 Å². The fraction of sp³-hybridized carbons (Fsp3) is 0.0833. The maximum absolute atomic E-state index is 9.48. The van der Waals surface area contributed by atoms with Crippen molar-refractivity contribution in [3.8, 4) is 0 Å². The smallest absolute Gasteiger partial charge is 1.00 e. The second-order valence-corrected chi connectivity index (χ2v) is 7.19. The van der Waals surface area contributed by atoms with Crippen LogP contribution in [0.1, 0.15) is 13.3 Å². The van der Waals surface area contributed by atoms with E-state index in [1.807, 2.05) is 0 Å². The van der Waals surface area contributed by atoms with E-state index in [-0.39, 0.29) is 46.5 Å². The first kappa shape index (κ1) is 30.4. The Balaban J connectivity index is 0. The third-order valence-corrected chi connectivity index (χ3v) is 4.95. The normalized spacial score (nSPS) is 8.57. The Hall–Kier alpha value is -1.75. The van der Waals surface area contributed by atoms with Crippen molar-refractivity contribution in [2.75, 3.05) is 0 Å². The molecule has 0 bridgehead atoms. The van der Waals surface area contributed by atoms with Gasteiger partial charge in [0, 0.05) is 5.91 Å². The Labute approximate surface area is 209 Å². The van der Waals surface area contributed by atoms with E-state index >= 15 is 0 Å². The third-order valence-electron chi connectivity index (χ3n) is 3.70. The van der Waals surface area contributed by atoms with E-state index in [9.17, 15) is 4.79 Å². The Kier molecular flexibility index (Phi) is 18.3. The molecule has 0 aromatic heterocycles. The van der Waals surface area contributed by atoms with Gasteiger partial charge in [0.2, 0.25) is 0 Å². The van der Waals surface area contributed by atoms with Crippen LogP contribution in [-0.4, -0.2) is 15.4 Å². The van der Waals surface area contributed by atoms with E-state index in [1.54, 1.807) is 6.92 Å². The number of nitrogens with one attached hydrogen (secondary N) is 1. The number of benzene rings is 3. The van der Waals surface area contributed by atoms with Gasteiger partial charge in [0.05, 0.1) is 0 Å². The summed E-state index contributed by atoms with van der Waals surface area (Å²) in [7, 11) is 0.777. The van der Waals surface area contributed by atoms with Gasteiger partial charge in [-0.25, -0.2) is 0 Å². The molecule has 1 N–H and O–H groups in total. The van der Waals surface area contributed by atoms with Gasteiger partial charge in [0.25, 0.3) is 0 Å². The molecule has 0 atom stereocenters. The molecule has 152 valence electrons. The summed E-state index contributed by atoms with van der Waals surface area (Å²) in [4.78, 5) is 9.48. The van der Waals surface area contributed by atoms with Crippen molar-refractivity contribution in [3.63, 3.8) is 0 Å². The van der Waals surface area contributed by atoms with E-state index in [0.29, 0.717) is 6.42 Å². The Morgan fingerprint density at radius 2 is 1.23 bits per heavy atom. The maximum Gasteiger partial charge on any atom is 4.00 e. The third kappa shape index (κ3) is 12.1. The molecule has 0 spiro atoms. The summed E-state index contributed by atoms with van der Waals surface area (Å²) in [5.74, 6) is -0.495. The van der Waals surface area contributed by atoms with Gasteiger partial charge >= 0.3 is 21.7 Å². The number of amides is 1. The summed E-state index contributed by atoms with van der Waals surface area (Å²) in [5.41, 5.74) is 6.19. The van der Waals surface area contributed by atoms with Crippen molar-refractivity contribution in [1.82, 2.24) is 0 Å². The largest absolute Gasteiger partial charge is 4.00 e. The molecule has 4 rings (SSSR count). The quantitative estimate of drug-likeness (QED) is 0.266. The molecule has 2 nitrogen and oxygen atoms in total. The number of halogens is 2. The van der Waals surface area contributed by atoms with Crippen molar-refractivity contribution in [2.45, 2.75) is 13.3 Å². The van der Waals surface area contributed by atoms with Crippen LogP contribution < -0.4 is 35.2 Å². The second kappa shape index (κ2) is 18.1. The van der Waals surface area contributed by atoms with Crippen molar-refractivity contribution in [3.05, 3.63) is 109 Å². The minimum absolute atomic E-state index is 0. The first-order valence-corrected chi connectivity index (χ1v) is 9.91. The Bertz CT molecular complexity index is 866. The zero-order valence-corrected chi connectivity index (χ0v) is 20.8. The predicted octanol–water partition coefficient (Wildman–Crippen LogP) is -1.12. The molecule has 0 heterocycles. The SMILES string of the molecule is CCC([NH-])=O.[Cl-].[Cl-].[Ti+4].c1ccc([Si]c2ccccc2)cc1.c1ccc2[cH-]ccc2c1. The molecule has 0 aliphatic rings. The molecule has 4 aromatic carbocycles. The summed E-state index contributed by atoms with van der Waals surface area (Å²) in [6, 6.07) is 35.8. The average molecular weight is 488 g/mol. The Morgan fingerprint density at radius 1 is 0.800 bits per heavy atom. The topological polar surface area (TPSA) is 40.9 Å². The van der Waals surface area contributed by atoms with Crippen LogP contribution in [0.4, 0.5) is 0 Å². The van der Waals surface area contributed by atoms with Crippen LogP contribution in [0, 0.1) is 0 Å². The van der Waals surface area contributed by atoms with Crippen molar-refractivity contribution in [2.24, 2.45) is 0 Å². The fourth-order valence-corrected chi connectivity index (χ4v) is 3.33. The molecular formula is C24H23Cl2NOSiTi. The van der Waals surface area contributed by atoms with Crippen LogP contribution in [-0.2, 0) is 26.5 Å². The zero-order chi connectivity index (χ0) is 19.3. The van der Waals surface area contributed by atoms with Crippen LogP contribution in [0.3, 0.4) is 0 Å². The number of carbonyl (C=O) groups excluding carboxylic acids is 1. The number of hydrogen-bond acceptors (Lipinski definition) is 1. The van der Waals surface area contributed by atoms with E-state index in [2.05, 4.69) is 103 Å². The molecule has 6 heteroatoms. The monoisotopic (exact) mass is 487 g/mol. The molecular weight excluding hydrogens is 465 g/mol. The van der Waals surface area contributed by atoms with Gasteiger partial charge in [-0.3, -0.25) is 0 Å². The summed E-state index contributed by atoms with van der Waals surface area (Å²) in [6.45, 7) is 1.66. The van der Waals surface area contributed by atoms with Crippen LogP contribution in [0.25, 0.3) is 16.5 Å². The molecule has 0 aliphatic heterocycles. The number of fused-ring (bicyclic) bond motifs is 1. The Morgan fingerprint density at radius 3 is 1.67 bits per heavy atom.